The third-order valence-corrected chi connectivity index (χ3v) is 5.14. The van der Waals surface area contributed by atoms with E-state index in [0.717, 1.165) is 52.3 Å². The van der Waals surface area contributed by atoms with Gasteiger partial charge in [0.25, 0.3) is 0 Å². The molecule has 3 aromatic rings. The van der Waals surface area contributed by atoms with E-state index in [0.29, 0.717) is 11.5 Å². The fraction of sp³-hybridized carbons (Fsp3) is 0.273. The van der Waals surface area contributed by atoms with E-state index in [4.69, 9.17) is 0 Å². The molecule has 0 bridgehead atoms. The van der Waals surface area contributed by atoms with Gasteiger partial charge < -0.3 is 5.32 Å². The topological polar surface area (TPSA) is 71.4 Å². The Labute approximate surface area is 157 Å². The Morgan fingerprint density at radius 1 is 1.19 bits per heavy atom. The summed E-state index contributed by atoms with van der Waals surface area (Å²) >= 11 is 0. The van der Waals surface area contributed by atoms with Crippen LogP contribution in [-0.2, 0) is 11.2 Å². The average molecular weight is 359 g/mol. The number of carbonyl (C=O) groups excluding carboxylic acids is 1. The monoisotopic (exact) mass is 359 g/mol. The highest BCUT2D eigenvalue weighted by Gasteiger charge is 2.29. The van der Waals surface area contributed by atoms with Crippen molar-refractivity contribution in [2.45, 2.75) is 33.1 Å². The van der Waals surface area contributed by atoms with Crippen LogP contribution < -0.4 is 5.32 Å². The first-order chi connectivity index (χ1) is 13.1. The molecule has 136 valence electrons. The Morgan fingerprint density at radius 3 is 2.70 bits per heavy atom. The number of aromatic nitrogens is 1. The summed E-state index contributed by atoms with van der Waals surface area (Å²) < 4.78 is 0. The van der Waals surface area contributed by atoms with E-state index in [9.17, 15) is 9.70 Å². The first-order valence-corrected chi connectivity index (χ1v) is 9.27. The number of anilines is 1. The third-order valence-electron chi connectivity index (χ3n) is 5.14. The Kier molecular flexibility index (Phi) is 4.44. The lowest BCUT2D eigenvalue weighted by Gasteiger charge is -2.11. The minimum absolute atomic E-state index is 0.0546. The molecule has 5 heteroatoms. The lowest BCUT2D eigenvalue weighted by molar-refractivity contribution is -0.117. The fourth-order valence-corrected chi connectivity index (χ4v) is 3.39. The van der Waals surface area contributed by atoms with Crippen LogP contribution in [0.1, 0.15) is 30.9 Å². The maximum atomic E-state index is 11.9. The standard InChI is InChI=1S/C22H21N3O2/c1-3-14-8-13(2)19(11-20(14)25-27)17-7-6-16-10-21(23-12-18(16)9-17)24-22(26)15-4-5-15/h6-12,15H,3-5H2,1-2H3,(H,23,24,26). The lowest BCUT2D eigenvalue weighted by Crippen LogP contribution is -2.14. The highest BCUT2D eigenvalue weighted by atomic mass is 16.3. The fourth-order valence-electron chi connectivity index (χ4n) is 3.39. The number of hydrogen-bond acceptors (Lipinski definition) is 4. The second kappa shape index (κ2) is 6.91. The summed E-state index contributed by atoms with van der Waals surface area (Å²) in [6.45, 7) is 4.06. The Balaban J connectivity index is 1.69. The summed E-state index contributed by atoms with van der Waals surface area (Å²) in [4.78, 5) is 27.5. The van der Waals surface area contributed by atoms with Crippen LogP contribution in [0.4, 0.5) is 11.5 Å². The van der Waals surface area contributed by atoms with Crippen LogP contribution in [0.2, 0.25) is 0 Å². The second-order valence-electron chi connectivity index (χ2n) is 7.14. The number of hydrogen-bond donors (Lipinski definition) is 1. The molecular weight excluding hydrogens is 338 g/mol. The number of nitroso groups, excluding NO2 is 1. The van der Waals surface area contributed by atoms with Gasteiger partial charge in [0.2, 0.25) is 5.91 Å². The highest BCUT2D eigenvalue weighted by Crippen LogP contribution is 2.34. The third kappa shape index (κ3) is 3.45. The lowest BCUT2D eigenvalue weighted by atomic mass is 9.95. The SMILES string of the molecule is CCc1cc(C)c(-c2ccc3cc(NC(=O)C4CC4)ncc3c2)cc1N=O. The summed E-state index contributed by atoms with van der Waals surface area (Å²) in [7, 11) is 0. The molecule has 1 aliphatic rings. The number of pyridine rings is 1. The van der Waals surface area contributed by atoms with Gasteiger partial charge >= 0.3 is 0 Å². The van der Waals surface area contributed by atoms with Gasteiger partial charge in [0.15, 0.2) is 0 Å². The molecule has 1 N–H and O–H groups in total. The maximum Gasteiger partial charge on any atom is 0.228 e. The number of rotatable bonds is 5. The van der Waals surface area contributed by atoms with E-state index in [-0.39, 0.29) is 11.8 Å². The van der Waals surface area contributed by atoms with E-state index in [2.05, 4.69) is 21.5 Å². The first-order valence-electron chi connectivity index (χ1n) is 9.27. The molecule has 0 radical (unpaired) electrons. The van der Waals surface area contributed by atoms with Gasteiger partial charge in [-0.3, -0.25) is 4.79 Å². The number of nitrogens with zero attached hydrogens (tertiary/aromatic N) is 2. The first kappa shape index (κ1) is 17.3. The van der Waals surface area contributed by atoms with E-state index < -0.39 is 0 Å². The van der Waals surface area contributed by atoms with Crippen molar-refractivity contribution >= 4 is 28.2 Å². The molecule has 5 nitrogen and oxygen atoms in total. The predicted molar refractivity (Wildman–Crippen MR) is 108 cm³/mol. The molecule has 1 heterocycles. The Hall–Kier alpha value is -3.08. The van der Waals surface area contributed by atoms with Crippen molar-refractivity contribution in [1.82, 2.24) is 4.98 Å². The minimum atomic E-state index is 0.0546. The van der Waals surface area contributed by atoms with Crippen LogP contribution >= 0.6 is 0 Å². The van der Waals surface area contributed by atoms with Crippen LogP contribution in [0, 0.1) is 17.7 Å². The summed E-state index contributed by atoms with van der Waals surface area (Å²) in [5.41, 5.74) is 4.58. The van der Waals surface area contributed by atoms with Crippen LogP contribution in [0.3, 0.4) is 0 Å². The second-order valence-corrected chi connectivity index (χ2v) is 7.14. The molecule has 0 saturated heterocycles. The predicted octanol–water partition coefficient (Wildman–Crippen LogP) is 5.52. The number of aryl methyl sites for hydroxylation is 2. The molecular formula is C22H21N3O2. The van der Waals surface area contributed by atoms with E-state index in [1.165, 1.54) is 0 Å². The zero-order valence-corrected chi connectivity index (χ0v) is 15.5. The average Bonchev–Trinajstić information content (AvgIpc) is 3.52. The van der Waals surface area contributed by atoms with E-state index in [1.807, 2.05) is 44.2 Å². The summed E-state index contributed by atoms with van der Waals surface area (Å²) in [6, 6.07) is 11.9. The van der Waals surface area contributed by atoms with Gasteiger partial charge in [-0.2, -0.15) is 0 Å². The summed E-state index contributed by atoms with van der Waals surface area (Å²) in [6.07, 6.45) is 4.49. The molecule has 4 rings (SSSR count). The Bertz CT molecular complexity index is 1050. The maximum absolute atomic E-state index is 11.9. The molecule has 0 aliphatic heterocycles. The van der Waals surface area contributed by atoms with Crippen molar-refractivity contribution in [3.05, 3.63) is 58.6 Å². The number of benzene rings is 2. The van der Waals surface area contributed by atoms with Gasteiger partial charge in [-0.15, -0.1) is 4.91 Å². The van der Waals surface area contributed by atoms with Crippen molar-refractivity contribution in [3.8, 4) is 11.1 Å². The zero-order chi connectivity index (χ0) is 19.0. The van der Waals surface area contributed by atoms with Gasteiger partial charge in [-0.05, 0) is 77.2 Å². The summed E-state index contributed by atoms with van der Waals surface area (Å²) in [5.74, 6) is 0.793. The van der Waals surface area contributed by atoms with Gasteiger partial charge in [-0.1, -0.05) is 25.1 Å². The number of fused-ring (bicyclic) bond motifs is 1. The van der Waals surface area contributed by atoms with Crippen LogP contribution in [-0.4, -0.2) is 10.9 Å². The molecule has 1 amide bonds. The molecule has 2 aromatic carbocycles. The number of amides is 1. The van der Waals surface area contributed by atoms with E-state index >= 15 is 0 Å². The van der Waals surface area contributed by atoms with Crippen molar-refractivity contribution in [3.63, 3.8) is 0 Å². The van der Waals surface area contributed by atoms with Crippen molar-refractivity contribution < 1.29 is 4.79 Å². The van der Waals surface area contributed by atoms with Crippen molar-refractivity contribution in [2.75, 3.05) is 5.32 Å². The normalized spacial score (nSPS) is 13.6. The molecule has 1 aliphatic carbocycles. The molecule has 1 aromatic heterocycles. The van der Waals surface area contributed by atoms with Crippen LogP contribution in [0.25, 0.3) is 21.9 Å². The van der Waals surface area contributed by atoms with Gasteiger partial charge in [0, 0.05) is 17.5 Å². The van der Waals surface area contributed by atoms with Crippen molar-refractivity contribution in [1.29, 1.82) is 0 Å². The quantitative estimate of drug-likeness (QED) is 0.610. The van der Waals surface area contributed by atoms with Crippen molar-refractivity contribution in [2.24, 2.45) is 11.1 Å². The van der Waals surface area contributed by atoms with Crippen LogP contribution in [0.5, 0.6) is 0 Å². The minimum Gasteiger partial charge on any atom is -0.310 e. The van der Waals surface area contributed by atoms with Gasteiger partial charge in [-0.25, -0.2) is 4.98 Å². The van der Waals surface area contributed by atoms with Crippen LogP contribution in [0.15, 0.2) is 47.8 Å². The van der Waals surface area contributed by atoms with E-state index in [1.54, 1.807) is 6.20 Å². The molecule has 27 heavy (non-hydrogen) atoms. The molecule has 1 fully saturated rings. The molecule has 0 unspecified atom stereocenters. The molecule has 0 atom stereocenters. The zero-order valence-electron chi connectivity index (χ0n) is 15.5. The van der Waals surface area contributed by atoms with Gasteiger partial charge in [0.1, 0.15) is 11.5 Å². The summed E-state index contributed by atoms with van der Waals surface area (Å²) in [5, 5.41) is 8.06. The molecule has 1 saturated carbocycles. The number of carbonyl (C=O) groups is 1. The smallest absolute Gasteiger partial charge is 0.228 e. The number of nitrogens with one attached hydrogen (secondary N) is 1. The van der Waals surface area contributed by atoms with Gasteiger partial charge in [0.05, 0.1) is 0 Å². The largest absolute Gasteiger partial charge is 0.310 e. The Morgan fingerprint density at radius 2 is 2.00 bits per heavy atom. The molecule has 0 spiro atoms. The highest BCUT2D eigenvalue weighted by molar-refractivity contribution is 5.96.